The van der Waals surface area contributed by atoms with E-state index in [2.05, 4.69) is 14.8 Å². The summed E-state index contributed by atoms with van der Waals surface area (Å²) in [6.07, 6.45) is 5.41. The number of anilines is 1. The third-order valence-electron chi connectivity index (χ3n) is 15.7. The van der Waals surface area contributed by atoms with Crippen LogP contribution in [0.15, 0.2) is 42.5 Å². The van der Waals surface area contributed by atoms with E-state index in [1.807, 2.05) is 50.1 Å². The molecule has 2 bridgehead atoms. The number of hydrogen-bond donors (Lipinski definition) is 3. The Morgan fingerprint density at radius 2 is 1.73 bits per heavy atom. The lowest BCUT2D eigenvalue weighted by molar-refractivity contribution is -0.228. The Labute approximate surface area is 349 Å². The smallest absolute Gasteiger partial charge is 0.344 e. The number of methoxy groups -OCH3 is 3. The van der Waals surface area contributed by atoms with Crippen molar-refractivity contribution < 1.29 is 47.9 Å². The molecule has 14 heteroatoms. The van der Waals surface area contributed by atoms with Gasteiger partial charge >= 0.3 is 17.9 Å². The Hall–Kier alpha value is -4.50. The third-order valence-corrected chi connectivity index (χ3v) is 15.7. The highest BCUT2D eigenvalue weighted by atomic mass is 19.1. The summed E-state index contributed by atoms with van der Waals surface area (Å²) in [5.41, 5.74) is -2.77. The van der Waals surface area contributed by atoms with Gasteiger partial charge in [-0.1, -0.05) is 26.0 Å². The minimum Gasteiger partial charge on any atom is -0.496 e. The van der Waals surface area contributed by atoms with Crippen LogP contribution < -0.4 is 9.64 Å². The van der Waals surface area contributed by atoms with Crippen molar-refractivity contribution in [3.8, 4) is 5.75 Å². The van der Waals surface area contributed by atoms with E-state index in [-0.39, 0.29) is 18.4 Å². The van der Waals surface area contributed by atoms with Crippen LogP contribution in [-0.4, -0.2) is 133 Å². The zero-order chi connectivity index (χ0) is 42.7. The quantitative estimate of drug-likeness (QED) is 0.178. The highest BCUT2D eigenvalue weighted by Crippen LogP contribution is 2.68. The molecule has 3 fully saturated rings. The number of likely N-dealkylation sites (N-methyl/N-ethyl adjacent to an activating group) is 1. The van der Waals surface area contributed by atoms with Gasteiger partial charge in [0.2, 0.25) is 5.60 Å². The van der Waals surface area contributed by atoms with Crippen LogP contribution in [-0.2, 0) is 45.8 Å². The van der Waals surface area contributed by atoms with Crippen molar-refractivity contribution in [3.63, 3.8) is 0 Å². The van der Waals surface area contributed by atoms with Gasteiger partial charge in [0.15, 0.2) is 6.10 Å². The maximum Gasteiger partial charge on any atom is 0.344 e. The molecule has 9 rings (SSSR count). The van der Waals surface area contributed by atoms with Crippen LogP contribution in [0.4, 0.5) is 10.1 Å². The Morgan fingerprint density at radius 1 is 0.967 bits per heavy atom. The average Bonchev–Trinajstić information content (AvgIpc) is 3.89. The van der Waals surface area contributed by atoms with Gasteiger partial charge in [-0.15, -0.1) is 0 Å². The Bertz CT molecular complexity index is 2320. The van der Waals surface area contributed by atoms with Gasteiger partial charge in [0.05, 0.1) is 33.0 Å². The summed E-state index contributed by atoms with van der Waals surface area (Å²) >= 11 is 0. The number of esters is 3. The van der Waals surface area contributed by atoms with Crippen molar-refractivity contribution in [1.29, 1.82) is 0 Å². The Balaban J connectivity index is 1.37. The SMILES string of the molecule is CC[C@]1(O)C[C@@H]2CN(CCc3c([nH]c4ccc(F)cc34)[C@@](C(=O)OC)(c3cc4c(cc3OC)N(C)C3C(O)(C(=O)OC)[C@H](OC(C)=O)[C@]5(CC)C=CCN6CC[C@]43[C@@H]65)C2)C1. The molecule has 0 radical (unpaired) electrons. The van der Waals surface area contributed by atoms with Gasteiger partial charge in [-0.2, -0.15) is 0 Å². The largest absolute Gasteiger partial charge is 0.496 e. The van der Waals surface area contributed by atoms with Gasteiger partial charge in [0, 0.05) is 90.9 Å². The molecular formula is C46H57FN4O9. The first-order chi connectivity index (χ1) is 28.6. The second kappa shape index (κ2) is 14.0. The lowest BCUT2D eigenvalue weighted by Crippen LogP contribution is -2.81. The van der Waals surface area contributed by atoms with Gasteiger partial charge in [0.1, 0.15) is 17.0 Å². The number of carbonyl (C=O) groups is 3. The predicted octanol–water partition coefficient (Wildman–Crippen LogP) is 4.13. The molecule has 10 atom stereocenters. The van der Waals surface area contributed by atoms with Crippen LogP contribution in [0.3, 0.4) is 0 Å². The number of ether oxygens (including phenoxy) is 4. The van der Waals surface area contributed by atoms with Crippen molar-refractivity contribution >= 4 is 34.5 Å². The fourth-order valence-corrected chi connectivity index (χ4v) is 13.5. The van der Waals surface area contributed by atoms with Crippen LogP contribution in [0.2, 0.25) is 0 Å². The highest BCUT2D eigenvalue weighted by molar-refractivity contribution is 5.95. The molecule has 3 unspecified atom stereocenters. The number of H-pyrrole nitrogens is 1. The summed E-state index contributed by atoms with van der Waals surface area (Å²) in [7, 11) is 6.00. The van der Waals surface area contributed by atoms with Crippen molar-refractivity contribution in [2.45, 2.75) is 99.5 Å². The minimum atomic E-state index is -2.34. The van der Waals surface area contributed by atoms with Crippen LogP contribution in [0, 0.1) is 17.2 Å². The lowest BCUT2D eigenvalue weighted by atomic mass is 9.47. The van der Waals surface area contributed by atoms with Crippen LogP contribution >= 0.6 is 0 Å². The van der Waals surface area contributed by atoms with E-state index in [0.29, 0.717) is 98.4 Å². The molecule has 3 N–H and O–H groups in total. The molecule has 6 heterocycles. The zero-order valence-corrected chi connectivity index (χ0v) is 35.6. The maximum atomic E-state index is 15.3. The molecular weight excluding hydrogens is 772 g/mol. The standard InChI is InChI=1S/C46H57FN4O9/c1-8-42(55)22-27-23-45(40(53)58-6,36-29(13-17-50(24-27)25-42)30-19-28(47)11-12-33(30)48-36)32-20-31-34(21-35(32)57-5)49(4)38-44(31)15-18-51-16-10-14-43(9-2,37(44)51)39(60-26(3)52)46(38,56)41(54)59-7/h10-12,14,19-21,27,37-39,48,55-56H,8-9,13,15-18,22-25H2,1-7H3/t27-,37-,38?,39+,42-,43+,44+,45-,46?/m0/s1. The first kappa shape index (κ1) is 40.9. The summed E-state index contributed by atoms with van der Waals surface area (Å²) in [5.74, 6) is -2.26. The predicted molar refractivity (Wildman–Crippen MR) is 220 cm³/mol. The molecule has 60 heavy (non-hydrogen) atoms. The fourth-order valence-electron chi connectivity index (χ4n) is 13.5. The Morgan fingerprint density at radius 3 is 2.42 bits per heavy atom. The van der Waals surface area contributed by atoms with Crippen LogP contribution in [0.5, 0.6) is 5.75 Å². The Kier molecular flexibility index (Phi) is 9.55. The first-order valence-corrected chi connectivity index (χ1v) is 21.3. The zero-order valence-electron chi connectivity index (χ0n) is 35.6. The van der Waals surface area contributed by atoms with Crippen LogP contribution in [0.1, 0.15) is 75.3 Å². The first-order valence-electron chi connectivity index (χ1n) is 21.3. The molecule has 5 aliphatic heterocycles. The summed E-state index contributed by atoms with van der Waals surface area (Å²) in [6.45, 7) is 8.20. The lowest BCUT2D eigenvalue weighted by Gasteiger charge is -2.63. The number of nitrogens with zero attached hydrogens (tertiary/aromatic N) is 3. The molecule has 1 saturated carbocycles. The second-order valence-electron chi connectivity index (χ2n) is 18.3. The molecule has 322 valence electrons. The number of benzene rings is 2. The van der Waals surface area contributed by atoms with E-state index in [1.54, 1.807) is 13.2 Å². The second-order valence-corrected chi connectivity index (χ2v) is 18.3. The maximum absolute atomic E-state index is 15.3. The van der Waals surface area contributed by atoms with Gasteiger partial charge in [0.25, 0.3) is 0 Å². The van der Waals surface area contributed by atoms with E-state index >= 15 is 9.18 Å². The average molecular weight is 829 g/mol. The normalized spacial score (nSPS) is 36.6. The number of aromatic nitrogens is 1. The fraction of sp³-hybridized carbons (Fsp3) is 0.587. The number of fused-ring (bicyclic) bond motifs is 6. The monoisotopic (exact) mass is 828 g/mol. The summed E-state index contributed by atoms with van der Waals surface area (Å²) in [4.78, 5) is 52.9. The third kappa shape index (κ3) is 5.26. The van der Waals surface area contributed by atoms with E-state index in [0.717, 1.165) is 11.1 Å². The van der Waals surface area contributed by atoms with Crippen molar-refractivity contribution in [3.05, 3.63) is 70.7 Å². The molecule has 3 aromatic rings. The van der Waals surface area contributed by atoms with Crippen molar-refractivity contribution in [2.24, 2.45) is 11.3 Å². The summed E-state index contributed by atoms with van der Waals surface area (Å²) < 4.78 is 39.0. The number of aliphatic hydroxyl groups is 2. The number of aromatic amines is 1. The molecule has 2 saturated heterocycles. The number of halogens is 1. The molecule has 13 nitrogen and oxygen atoms in total. The highest BCUT2D eigenvalue weighted by Gasteiger charge is 2.80. The summed E-state index contributed by atoms with van der Waals surface area (Å²) in [5, 5.41) is 26.0. The van der Waals surface area contributed by atoms with Crippen molar-refractivity contribution in [2.75, 3.05) is 66.0 Å². The summed E-state index contributed by atoms with van der Waals surface area (Å²) in [6, 6.07) is 7.22. The number of carbonyl (C=O) groups excluding carboxylic acids is 3. The van der Waals surface area contributed by atoms with Crippen molar-refractivity contribution in [1.82, 2.24) is 14.8 Å². The minimum absolute atomic E-state index is 0.176. The molecule has 2 aromatic carbocycles. The van der Waals surface area contributed by atoms with Crippen LogP contribution in [0.25, 0.3) is 10.9 Å². The molecule has 1 aliphatic carbocycles. The number of piperidine rings is 1. The van der Waals surface area contributed by atoms with Gasteiger partial charge in [-0.25, -0.2) is 9.18 Å². The van der Waals surface area contributed by atoms with E-state index < -0.39 is 63.3 Å². The number of rotatable bonds is 7. The topological polar surface area (TPSA) is 154 Å². The van der Waals surface area contributed by atoms with E-state index in [4.69, 9.17) is 18.9 Å². The molecule has 1 spiro atoms. The van der Waals surface area contributed by atoms with Gasteiger partial charge < -0.3 is 39.0 Å². The van der Waals surface area contributed by atoms with Gasteiger partial charge in [-0.05, 0) is 86.4 Å². The van der Waals surface area contributed by atoms with E-state index in [1.165, 1.54) is 33.3 Å². The van der Waals surface area contributed by atoms with Gasteiger partial charge in [-0.3, -0.25) is 19.4 Å². The molecule has 1 aromatic heterocycles. The van der Waals surface area contributed by atoms with E-state index in [9.17, 15) is 19.8 Å². The molecule has 6 aliphatic rings. The molecule has 0 amide bonds. The number of hydrogen-bond acceptors (Lipinski definition) is 12. The number of nitrogens with one attached hydrogen (secondary N) is 1.